The van der Waals surface area contributed by atoms with Gasteiger partial charge in [-0.15, -0.1) is 0 Å². The van der Waals surface area contributed by atoms with E-state index in [0.29, 0.717) is 15.7 Å². The van der Waals surface area contributed by atoms with E-state index < -0.39 is 6.10 Å². The smallest absolute Gasteiger partial charge is 0.137 e. The first-order chi connectivity index (χ1) is 7.18. The fourth-order valence-corrected chi connectivity index (χ4v) is 1.62. The number of rotatable bonds is 2. The number of benzene rings is 1. The van der Waals surface area contributed by atoms with Gasteiger partial charge in [-0.1, -0.05) is 6.07 Å². The quantitative estimate of drug-likeness (QED) is 0.864. The predicted molar refractivity (Wildman–Crippen MR) is 59.0 cm³/mol. The summed E-state index contributed by atoms with van der Waals surface area (Å²) in [6, 6.07) is 8.11. The summed E-state index contributed by atoms with van der Waals surface area (Å²) in [4.78, 5) is 2.89. The minimum absolute atomic E-state index is 0.377. The van der Waals surface area contributed by atoms with Gasteiger partial charge in [-0.05, 0) is 45.8 Å². The molecule has 2 aromatic rings. The van der Waals surface area contributed by atoms with E-state index in [1.807, 2.05) is 0 Å². The Hall–Kier alpha value is -1.13. The standard InChI is InChI=1S/C11H9BrFNO/c12-8-4-3-7(6-9(8)13)11(15)10-2-1-5-14-10/h1-6,11,14-15H. The zero-order chi connectivity index (χ0) is 10.8. The first kappa shape index (κ1) is 10.4. The van der Waals surface area contributed by atoms with Crippen LogP contribution in [0.5, 0.6) is 0 Å². The number of aromatic nitrogens is 1. The van der Waals surface area contributed by atoms with Gasteiger partial charge in [0.1, 0.15) is 11.9 Å². The largest absolute Gasteiger partial charge is 0.382 e. The van der Waals surface area contributed by atoms with Crippen LogP contribution in [-0.4, -0.2) is 10.1 Å². The topological polar surface area (TPSA) is 36.0 Å². The van der Waals surface area contributed by atoms with Gasteiger partial charge in [-0.25, -0.2) is 4.39 Å². The van der Waals surface area contributed by atoms with Crippen LogP contribution in [-0.2, 0) is 0 Å². The Bertz CT molecular complexity index is 456. The van der Waals surface area contributed by atoms with Crippen molar-refractivity contribution in [3.8, 4) is 0 Å². The molecule has 1 heterocycles. The highest BCUT2D eigenvalue weighted by molar-refractivity contribution is 9.10. The van der Waals surface area contributed by atoms with Crippen LogP contribution in [0.15, 0.2) is 41.0 Å². The summed E-state index contributed by atoms with van der Waals surface area (Å²) in [7, 11) is 0. The van der Waals surface area contributed by atoms with Crippen molar-refractivity contribution in [2.75, 3.05) is 0 Å². The van der Waals surface area contributed by atoms with Gasteiger partial charge in [0.25, 0.3) is 0 Å². The average Bonchev–Trinajstić information content (AvgIpc) is 2.74. The molecule has 0 aliphatic heterocycles. The van der Waals surface area contributed by atoms with Crippen LogP contribution >= 0.6 is 15.9 Å². The monoisotopic (exact) mass is 269 g/mol. The molecule has 1 unspecified atom stereocenters. The van der Waals surface area contributed by atoms with Gasteiger partial charge in [0.15, 0.2) is 0 Å². The summed E-state index contributed by atoms with van der Waals surface area (Å²) in [5.74, 6) is -0.377. The van der Waals surface area contributed by atoms with Crippen molar-refractivity contribution >= 4 is 15.9 Å². The van der Waals surface area contributed by atoms with E-state index in [1.54, 1.807) is 30.5 Å². The van der Waals surface area contributed by atoms with Crippen molar-refractivity contribution in [2.45, 2.75) is 6.10 Å². The normalized spacial score (nSPS) is 12.7. The molecule has 0 saturated heterocycles. The Labute approximate surface area is 94.9 Å². The highest BCUT2D eigenvalue weighted by Gasteiger charge is 2.12. The summed E-state index contributed by atoms with van der Waals surface area (Å²) in [6.07, 6.45) is 0.899. The second kappa shape index (κ2) is 4.16. The van der Waals surface area contributed by atoms with Crippen LogP contribution in [0.4, 0.5) is 4.39 Å². The summed E-state index contributed by atoms with van der Waals surface area (Å²) < 4.78 is 13.6. The van der Waals surface area contributed by atoms with E-state index >= 15 is 0 Å². The first-order valence-corrected chi connectivity index (χ1v) is 5.24. The Balaban J connectivity index is 2.34. The number of aromatic amines is 1. The number of nitrogens with one attached hydrogen (secondary N) is 1. The van der Waals surface area contributed by atoms with Crippen LogP contribution in [0.25, 0.3) is 0 Å². The second-order valence-corrected chi connectivity index (χ2v) is 4.06. The molecular formula is C11H9BrFNO. The van der Waals surface area contributed by atoms with Crippen molar-refractivity contribution in [1.82, 2.24) is 4.98 Å². The van der Waals surface area contributed by atoms with Gasteiger partial charge in [-0.2, -0.15) is 0 Å². The number of hydrogen-bond acceptors (Lipinski definition) is 1. The zero-order valence-corrected chi connectivity index (χ0v) is 9.33. The molecule has 0 saturated carbocycles. The Morgan fingerprint density at radius 2 is 2.13 bits per heavy atom. The third-order valence-electron chi connectivity index (χ3n) is 2.18. The van der Waals surface area contributed by atoms with Gasteiger partial charge in [-0.3, -0.25) is 0 Å². The highest BCUT2D eigenvalue weighted by Crippen LogP contribution is 2.24. The van der Waals surface area contributed by atoms with Crippen LogP contribution < -0.4 is 0 Å². The van der Waals surface area contributed by atoms with Crippen LogP contribution in [0.1, 0.15) is 17.4 Å². The minimum Gasteiger partial charge on any atom is -0.382 e. The van der Waals surface area contributed by atoms with E-state index in [-0.39, 0.29) is 5.82 Å². The van der Waals surface area contributed by atoms with Crippen LogP contribution in [0.2, 0.25) is 0 Å². The lowest BCUT2D eigenvalue weighted by Crippen LogP contribution is -2.00. The molecule has 0 bridgehead atoms. The summed E-state index contributed by atoms with van der Waals surface area (Å²) >= 11 is 3.06. The molecule has 1 atom stereocenters. The summed E-state index contributed by atoms with van der Waals surface area (Å²) in [5.41, 5.74) is 1.18. The van der Waals surface area contributed by atoms with Gasteiger partial charge in [0.2, 0.25) is 0 Å². The first-order valence-electron chi connectivity index (χ1n) is 4.45. The van der Waals surface area contributed by atoms with Crippen LogP contribution in [0.3, 0.4) is 0 Å². The number of halogens is 2. The van der Waals surface area contributed by atoms with Gasteiger partial charge >= 0.3 is 0 Å². The Morgan fingerprint density at radius 3 is 2.73 bits per heavy atom. The third-order valence-corrected chi connectivity index (χ3v) is 2.82. The van der Waals surface area contributed by atoms with E-state index in [0.717, 1.165) is 0 Å². The van der Waals surface area contributed by atoms with Crippen molar-refractivity contribution in [3.63, 3.8) is 0 Å². The van der Waals surface area contributed by atoms with Crippen molar-refractivity contribution in [2.24, 2.45) is 0 Å². The maximum atomic E-state index is 13.2. The molecule has 15 heavy (non-hydrogen) atoms. The number of H-pyrrole nitrogens is 1. The lowest BCUT2D eigenvalue weighted by atomic mass is 10.1. The molecule has 0 amide bonds. The third kappa shape index (κ3) is 2.11. The maximum Gasteiger partial charge on any atom is 0.137 e. The molecule has 0 spiro atoms. The van der Waals surface area contributed by atoms with Gasteiger partial charge in [0.05, 0.1) is 4.47 Å². The van der Waals surface area contributed by atoms with Crippen molar-refractivity contribution in [3.05, 3.63) is 58.1 Å². The molecule has 2 nitrogen and oxygen atoms in total. The van der Waals surface area contributed by atoms with Gasteiger partial charge in [0, 0.05) is 11.9 Å². The maximum absolute atomic E-state index is 13.2. The molecule has 2 N–H and O–H groups in total. The lowest BCUT2D eigenvalue weighted by molar-refractivity contribution is 0.215. The fourth-order valence-electron chi connectivity index (χ4n) is 1.38. The Kier molecular flexibility index (Phi) is 2.88. The summed E-state index contributed by atoms with van der Waals surface area (Å²) in [6.45, 7) is 0. The minimum atomic E-state index is -0.817. The van der Waals surface area contributed by atoms with E-state index in [4.69, 9.17) is 0 Å². The highest BCUT2D eigenvalue weighted by atomic mass is 79.9. The van der Waals surface area contributed by atoms with Crippen molar-refractivity contribution in [1.29, 1.82) is 0 Å². The second-order valence-electron chi connectivity index (χ2n) is 3.20. The van der Waals surface area contributed by atoms with Gasteiger partial charge < -0.3 is 10.1 Å². The molecule has 1 aromatic carbocycles. The molecule has 78 valence electrons. The fraction of sp³-hybridized carbons (Fsp3) is 0.0909. The van der Waals surface area contributed by atoms with Crippen LogP contribution in [0, 0.1) is 5.82 Å². The molecule has 2 rings (SSSR count). The zero-order valence-electron chi connectivity index (χ0n) is 7.74. The van der Waals surface area contributed by atoms with E-state index in [1.165, 1.54) is 6.07 Å². The number of aliphatic hydroxyl groups is 1. The van der Waals surface area contributed by atoms with E-state index in [9.17, 15) is 9.50 Å². The molecular weight excluding hydrogens is 261 g/mol. The molecule has 0 radical (unpaired) electrons. The SMILES string of the molecule is OC(c1ccc(Br)c(F)c1)c1ccc[nH]1. The molecule has 0 aliphatic carbocycles. The molecule has 1 aromatic heterocycles. The number of hydrogen-bond donors (Lipinski definition) is 2. The van der Waals surface area contributed by atoms with Crippen molar-refractivity contribution < 1.29 is 9.50 Å². The molecule has 0 aliphatic rings. The number of aliphatic hydroxyl groups excluding tert-OH is 1. The molecule has 4 heteroatoms. The molecule has 0 fully saturated rings. The predicted octanol–water partition coefficient (Wildman–Crippen LogP) is 3.00. The lowest BCUT2D eigenvalue weighted by Gasteiger charge is -2.09. The summed E-state index contributed by atoms with van der Waals surface area (Å²) in [5, 5.41) is 9.88. The average molecular weight is 270 g/mol. The Morgan fingerprint density at radius 1 is 1.33 bits per heavy atom. The van der Waals surface area contributed by atoms with E-state index in [2.05, 4.69) is 20.9 Å².